The van der Waals surface area contributed by atoms with Gasteiger partial charge < -0.3 is 19.5 Å². The Labute approximate surface area is 238 Å². The van der Waals surface area contributed by atoms with Crippen molar-refractivity contribution >= 4 is 11.9 Å². The molecule has 1 saturated carbocycles. The number of ether oxygens (including phenoxy) is 3. The van der Waals surface area contributed by atoms with Crippen molar-refractivity contribution in [3.05, 3.63) is 108 Å². The van der Waals surface area contributed by atoms with Gasteiger partial charge in [-0.2, -0.15) is 0 Å². The van der Waals surface area contributed by atoms with Crippen LogP contribution in [0.2, 0.25) is 0 Å². The van der Waals surface area contributed by atoms with E-state index < -0.39 is 17.1 Å². The number of carbonyl (C=O) groups excluding carboxylic acids is 2. The van der Waals surface area contributed by atoms with E-state index in [-0.39, 0.29) is 25.1 Å². The van der Waals surface area contributed by atoms with Gasteiger partial charge >= 0.3 is 5.97 Å². The summed E-state index contributed by atoms with van der Waals surface area (Å²) in [5, 5.41) is 3.12. The molecule has 1 atom stereocenters. The van der Waals surface area contributed by atoms with Crippen molar-refractivity contribution in [3.63, 3.8) is 0 Å². The second-order valence-electron chi connectivity index (χ2n) is 11.3. The van der Waals surface area contributed by atoms with Crippen molar-refractivity contribution in [2.75, 3.05) is 6.61 Å². The van der Waals surface area contributed by atoms with E-state index in [4.69, 9.17) is 14.2 Å². The van der Waals surface area contributed by atoms with Crippen LogP contribution in [0, 0.1) is 5.41 Å². The fourth-order valence-corrected chi connectivity index (χ4v) is 5.19. The van der Waals surface area contributed by atoms with Crippen LogP contribution >= 0.6 is 0 Å². The van der Waals surface area contributed by atoms with Gasteiger partial charge in [-0.25, -0.2) is 4.79 Å². The van der Waals surface area contributed by atoms with E-state index in [9.17, 15) is 9.59 Å². The van der Waals surface area contributed by atoms with Crippen molar-refractivity contribution in [2.24, 2.45) is 5.41 Å². The Bertz CT molecular complexity index is 1190. The first kappa shape index (κ1) is 29.5. The van der Waals surface area contributed by atoms with Crippen LogP contribution in [-0.4, -0.2) is 30.1 Å². The zero-order valence-corrected chi connectivity index (χ0v) is 23.6. The Morgan fingerprint density at radius 3 is 1.80 bits per heavy atom. The molecule has 3 aromatic rings. The molecule has 1 amide bonds. The molecule has 0 spiro atoms. The molecular formula is C34H41NO5. The molecule has 1 unspecified atom stereocenters. The molecular weight excluding hydrogens is 502 g/mol. The summed E-state index contributed by atoms with van der Waals surface area (Å²) in [6, 6.07) is 29.3. The van der Waals surface area contributed by atoms with E-state index >= 15 is 0 Å². The third kappa shape index (κ3) is 8.26. The average Bonchev–Trinajstić information content (AvgIpc) is 2.98. The minimum absolute atomic E-state index is 0.171. The lowest BCUT2D eigenvalue weighted by molar-refractivity contribution is -0.162. The van der Waals surface area contributed by atoms with Crippen LogP contribution in [0.3, 0.4) is 0 Å². The Morgan fingerprint density at radius 1 is 0.750 bits per heavy atom. The number of nitrogens with one attached hydrogen (secondary N) is 1. The smallest absolute Gasteiger partial charge is 0.332 e. The maximum atomic E-state index is 14.0. The summed E-state index contributed by atoms with van der Waals surface area (Å²) in [4.78, 5) is 27.5. The van der Waals surface area contributed by atoms with E-state index in [1.54, 1.807) is 0 Å². The summed E-state index contributed by atoms with van der Waals surface area (Å²) >= 11 is 0. The van der Waals surface area contributed by atoms with Gasteiger partial charge in [0.1, 0.15) is 18.2 Å². The zero-order valence-electron chi connectivity index (χ0n) is 23.6. The van der Waals surface area contributed by atoms with Crippen molar-refractivity contribution in [1.82, 2.24) is 5.32 Å². The highest BCUT2D eigenvalue weighted by Crippen LogP contribution is 2.32. The molecule has 0 heterocycles. The lowest BCUT2D eigenvalue weighted by Crippen LogP contribution is -2.60. The summed E-state index contributed by atoms with van der Waals surface area (Å²) in [6.45, 7) is 5.12. The van der Waals surface area contributed by atoms with E-state index in [0.29, 0.717) is 26.1 Å². The molecule has 0 aliphatic heterocycles. The Hall–Kier alpha value is -3.48. The predicted molar refractivity (Wildman–Crippen MR) is 155 cm³/mol. The van der Waals surface area contributed by atoms with Crippen LogP contribution in [0.5, 0.6) is 0 Å². The Balaban J connectivity index is 1.48. The number of hydrogen-bond acceptors (Lipinski definition) is 5. The summed E-state index contributed by atoms with van der Waals surface area (Å²) < 4.78 is 18.1. The third-order valence-corrected chi connectivity index (χ3v) is 7.47. The van der Waals surface area contributed by atoms with Crippen LogP contribution in [0.1, 0.15) is 62.6 Å². The number of benzene rings is 3. The monoisotopic (exact) mass is 543 g/mol. The molecule has 3 aromatic carbocycles. The molecule has 212 valence electrons. The first-order chi connectivity index (χ1) is 19.4. The number of esters is 1. The largest absolute Gasteiger partial charge is 0.459 e. The van der Waals surface area contributed by atoms with Crippen LogP contribution < -0.4 is 5.32 Å². The molecule has 1 N–H and O–H groups in total. The summed E-state index contributed by atoms with van der Waals surface area (Å²) in [7, 11) is 0. The maximum absolute atomic E-state index is 14.0. The molecule has 6 nitrogen and oxygen atoms in total. The van der Waals surface area contributed by atoms with Crippen molar-refractivity contribution in [1.29, 1.82) is 0 Å². The second kappa shape index (κ2) is 14.2. The second-order valence-corrected chi connectivity index (χ2v) is 11.3. The third-order valence-electron chi connectivity index (χ3n) is 7.47. The van der Waals surface area contributed by atoms with Gasteiger partial charge in [0.15, 0.2) is 0 Å². The number of amides is 1. The van der Waals surface area contributed by atoms with Crippen LogP contribution in [0.15, 0.2) is 91.0 Å². The van der Waals surface area contributed by atoms with E-state index in [1.165, 1.54) is 0 Å². The predicted octanol–water partition coefficient (Wildman–Crippen LogP) is 6.38. The zero-order chi connectivity index (χ0) is 28.3. The Morgan fingerprint density at radius 2 is 1.25 bits per heavy atom. The van der Waals surface area contributed by atoms with Crippen molar-refractivity contribution in [2.45, 2.75) is 77.4 Å². The maximum Gasteiger partial charge on any atom is 0.332 e. The molecule has 6 heteroatoms. The van der Waals surface area contributed by atoms with Crippen molar-refractivity contribution in [3.8, 4) is 0 Å². The van der Waals surface area contributed by atoms with Gasteiger partial charge in [-0.05, 0) is 29.5 Å². The van der Waals surface area contributed by atoms with Gasteiger partial charge in [0, 0.05) is 5.41 Å². The average molecular weight is 544 g/mol. The topological polar surface area (TPSA) is 73.9 Å². The fraction of sp³-hybridized carbons (Fsp3) is 0.412. The van der Waals surface area contributed by atoms with Gasteiger partial charge in [-0.15, -0.1) is 0 Å². The highest BCUT2D eigenvalue weighted by atomic mass is 16.5. The standard InChI is InChI=1S/C34H41NO5/c1-33(2,26-38-23-27-15-7-3-8-16-27)30(39-24-28-17-9-4-10-18-28)31(36)35-34(21-13-6-14-22-34)32(37)40-25-29-19-11-5-12-20-29/h3-5,7-12,15-20,30H,6,13-14,21-26H2,1-2H3,(H,35,36). The van der Waals surface area contributed by atoms with Crippen LogP contribution in [-0.2, 0) is 43.6 Å². The Kier molecular flexibility index (Phi) is 10.5. The molecule has 1 aliphatic rings. The molecule has 1 fully saturated rings. The minimum Gasteiger partial charge on any atom is -0.459 e. The van der Waals surface area contributed by atoms with Gasteiger partial charge in [0.25, 0.3) is 5.91 Å². The molecule has 0 saturated heterocycles. The normalized spacial score (nSPS) is 15.7. The lowest BCUT2D eigenvalue weighted by Gasteiger charge is -2.39. The van der Waals surface area contributed by atoms with Gasteiger partial charge in [0.2, 0.25) is 0 Å². The van der Waals surface area contributed by atoms with Gasteiger partial charge in [0.05, 0.1) is 19.8 Å². The van der Waals surface area contributed by atoms with E-state index in [0.717, 1.165) is 36.0 Å². The number of hydrogen-bond donors (Lipinski definition) is 1. The fourth-order valence-electron chi connectivity index (χ4n) is 5.19. The number of carbonyl (C=O) groups is 2. The van der Waals surface area contributed by atoms with Gasteiger partial charge in [-0.1, -0.05) is 124 Å². The summed E-state index contributed by atoms with van der Waals surface area (Å²) in [6.07, 6.45) is 2.96. The van der Waals surface area contributed by atoms with Gasteiger partial charge in [-0.3, -0.25) is 4.79 Å². The number of rotatable bonds is 13. The lowest BCUT2D eigenvalue weighted by atomic mass is 9.80. The summed E-state index contributed by atoms with van der Waals surface area (Å²) in [5.41, 5.74) is 1.20. The SMILES string of the molecule is CC(C)(COCc1ccccc1)C(OCc1ccccc1)C(=O)NC1(C(=O)OCc2ccccc2)CCCCC1. The van der Waals surface area contributed by atoms with Crippen LogP contribution in [0.25, 0.3) is 0 Å². The van der Waals surface area contributed by atoms with Crippen LogP contribution in [0.4, 0.5) is 0 Å². The highest BCUT2D eigenvalue weighted by Gasteiger charge is 2.46. The van der Waals surface area contributed by atoms with E-state index in [2.05, 4.69) is 5.32 Å². The molecule has 1 aliphatic carbocycles. The molecule has 0 bridgehead atoms. The highest BCUT2D eigenvalue weighted by molar-refractivity contribution is 5.90. The molecule has 0 aromatic heterocycles. The first-order valence-electron chi connectivity index (χ1n) is 14.2. The first-order valence-corrected chi connectivity index (χ1v) is 14.2. The quantitative estimate of drug-likeness (QED) is 0.253. The molecule has 0 radical (unpaired) electrons. The summed E-state index contributed by atoms with van der Waals surface area (Å²) in [5.74, 6) is -0.702. The van der Waals surface area contributed by atoms with Crippen molar-refractivity contribution < 1.29 is 23.8 Å². The molecule has 4 rings (SSSR count). The van der Waals surface area contributed by atoms with E-state index in [1.807, 2.05) is 105 Å². The minimum atomic E-state index is -1.07. The molecule has 40 heavy (non-hydrogen) atoms.